The molecule has 0 unspecified atom stereocenters. The summed E-state index contributed by atoms with van der Waals surface area (Å²) in [6, 6.07) is 1.76. The topological polar surface area (TPSA) is 62.3 Å². The summed E-state index contributed by atoms with van der Waals surface area (Å²) in [4.78, 5) is 4.13. The van der Waals surface area contributed by atoms with Crippen LogP contribution >= 0.6 is 28.3 Å². The van der Waals surface area contributed by atoms with E-state index < -0.39 is 10.0 Å². The number of halogens is 2. The van der Waals surface area contributed by atoms with Crippen LogP contribution in [0.1, 0.15) is 6.92 Å². The second kappa shape index (κ2) is 6.29. The predicted molar refractivity (Wildman–Crippen MR) is 75.4 cm³/mol. The van der Waals surface area contributed by atoms with Gasteiger partial charge in [0.15, 0.2) is 0 Å². The second-order valence-electron chi connectivity index (χ2n) is 4.06. The van der Waals surface area contributed by atoms with Crippen LogP contribution in [0, 0.1) is 0 Å². The Balaban J connectivity index is 0.00000162. The molecule has 1 N–H and O–H groups in total. The quantitative estimate of drug-likeness (QED) is 0.866. The van der Waals surface area contributed by atoms with Crippen LogP contribution in [0.3, 0.4) is 0 Å². The van der Waals surface area contributed by atoms with Gasteiger partial charge in [0.05, 0.1) is 0 Å². The van der Waals surface area contributed by atoms with E-state index in [1.807, 2.05) is 6.92 Å². The lowest BCUT2D eigenvalue weighted by atomic mass is 10.3. The molecule has 1 fully saturated rings. The number of nitrogens with zero attached hydrogens (tertiary/aromatic N) is 2. The summed E-state index contributed by atoms with van der Waals surface area (Å²) in [6.07, 6.45) is 2.95. The second-order valence-corrected chi connectivity index (χ2v) is 6.91. The molecule has 2 rings (SSSR count). The van der Waals surface area contributed by atoms with E-state index in [-0.39, 0.29) is 23.3 Å². The van der Waals surface area contributed by atoms with E-state index in [4.69, 9.17) is 0 Å². The minimum Gasteiger partial charge on any atom is -0.312 e. The molecule has 1 aromatic heterocycles. The van der Waals surface area contributed by atoms with Crippen LogP contribution in [0.15, 0.2) is 27.8 Å². The highest BCUT2D eigenvalue weighted by Crippen LogP contribution is 2.19. The largest absolute Gasteiger partial charge is 0.312 e. The van der Waals surface area contributed by atoms with Gasteiger partial charge in [0.25, 0.3) is 0 Å². The van der Waals surface area contributed by atoms with Gasteiger partial charge >= 0.3 is 0 Å². The Hall–Kier alpha value is -0.210. The first-order valence-electron chi connectivity index (χ1n) is 5.34. The first-order chi connectivity index (χ1) is 8.00. The van der Waals surface area contributed by atoms with Crippen molar-refractivity contribution in [2.45, 2.75) is 17.9 Å². The van der Waals surface area contributed by atoms with Gasteiger partial charge in [-0.15, -0.1) is 12.4 Å². The maximum atomic E-state index is 12.3. The smallest absolute Gasteiger partial charge is 0.244 e. The molecule has 1 aliphatic heterocycles. The Morgan fingerprint density at radius 1 is 1.50 bits per heavy atom. The summed E-state index contributed by atoms with van der Waals surface area (Å²) in [5, 5.41) is 3.22. The van der Waals surface area contributed by atoms with E-state index >= 15 is 0 Å². The summed E-state index contributed by atoms with van der Waals surface area (Å²) >= 11 is 3.23. The molecule has 0 aromatic carbocycles. The number of aromatic nitrogens is 1. The van der Waals surface area contributed by atoms with E-state index in [0.717, 1.165) is 0 Å². The van der Waals surface area contributed by atoms with Gasteiger partial charge < -0.3 is 5.32 Å². The zero-order valence-electron chi connectivity index (χ0n) is 9.84. The molecule has 2 heterocycles. The number of hydrogen-bond donors (Lipinski definition) is 1. The fourth-order valence-corrected chi connectivity index (χ4v) is 3.83. The molecule has 1 aliphatic rings. The van der Waals surface area contributed by atoms with E-state index in [0.29, 0.717) is 24.1 Å². The highest BCUT2D eigenvalue weighted by atomic mass is 79.9. The van der Waals surface area contributed by atoms with Crippen molar-refractivity contribution in [1.82, 2.24) is 14.6 Å². The first-order valence-corrected chi connectivity index (χ1v) is 7.57. The molecular formula is C10H15BrClN3O2S. The molecule has 102 valence electrons. The Bertz CT molecular complexity index is 512. The fraction of sp³-hybridized carbons (Fsp3) is 0.500. The van der Waals surface area contributed by atoms with Crippen LogP contribution in [-0.2, 0) is 10.0 Å². The molecule has 0 bridgehead atoms. The van der Waals surface area contributed by atoms with Crippen molar-refractivity contribution in [3.05, 3.63) is 22.9 Å². The normalized spacial score (nSPS) is 21.3. The molecule has 5 nitrogen and oxygen atoms in total. The minimum absolute atomic E-state index is 0. The average Bonchev–Trinajstić information content (AvgIpc) is 2.29. The molecule has 0 amide bonds. The third-order valence-corrected chi connectivity index (χ3v) is 4.91. The molecule has 1 aromatic rings. The summed E-state index contributed by atoms with van der Waals surface area (Å²) in [7, 11) is -3.42. The third-order valence-electron chi connectivity index (χ3n) is 2.65. The number of sulfonamides is 1. The van der Waals surface area contributed by atoms with Crippen LogP contribution in [0.5, 0.6) is 0 Å². The molecule has 0 aliphatic carbocycles. The van der Waals surface area contributed by atoms with Gasteiger partial charge in [-0.3, -0.25) is 4.98 Å². The summed E-state index contributed by atoms with van der Waals surface area (Å²) < 4.78 is 26.8. The summed E-state index contributed by atoms with van der Waals surface area (Å²) in [5.74, 6) is 0. The number of nitrogens with one attached hydrogen (secondary N) is 1. The lowest BCUT2D eigenvalue weighted by molar-refractivity contribution is 0.310. The van der Waals surface area contributed by atoms with Crippen molar-refractivity contribution in [3.63, 3.8) is 0 Å². The van der Waals surface area contributed by atoms with Gasteiger partial charge in [-0.05, 0) is 28.9 Å². The summed E-state index contributed by atoms with van der Waals surface area (Å²) in [5.41, 5.74) is 0. The van der Waals surface area contributed by atoms with E-state index in [1.165, 1.54) is 10.5 Å². The van der Waals surface area contributed by atoms with Gasteiger partial charge in [0, 0.05) is 42.5 Å². The highest BCUT2D eigenvalue weighted by molar-refractivity contribution is 9.10. The van der Waals surface area contributed by atoms with Crippen molar-refractivity contribution < 1.29 is 8.42 Å². The number of rotatable bonds is 2. The molecule has 8 heteroatoms. The molecule has 1 saturated heterocycles. The Kier molecular flexibility index (Phi) is 5.54. The lowest BCUT2D eigenvalue weighted by Crippen LogP contribution is -2.51. The molecule has 0 saturated carbocycles. The maximum Gasteiger partial charge on any atom is 0.244 e. The van der Waals surface area contributed by atoms with Gasteiger partial charge in [-0.2, -0.15) is 4.31 Å². The van der Waals surface area contributed by atoms with Gasteiger partial charge in [-0.25, -0.2) is 8.42 Å². The Morgan fingerprint density at radius 3 is 2.83 bits per heavy atom. The predicted octanol–water partition coefficient (Wildman–Crippen LogP) is 1.25. The van der Waals surface area contributed by atoms with Crippen molar-refractivity contribution in [3.8, 4) is 0 Å². The molecular weight excluding hydrogens is 342 g/mol. The fourth-order valence-electron chi connectivity index (χ4n) is 1.80. The number of hydrogen-bond acceptors (Lipinski definition) is 4. The van der Waals surface area contributed by atoms with Gasteiger partial charge in [0.2, 0.25) is 10.0 Å². The van der Waals surface area contributed by atoms with Crippen molar-refractivity contribution in [1.29, 1.82) is 0 Å². The average molecular weight is 357 g/mol. The van der Waals surface area contributed by atoms with Gasteiger partial charge in [0.1, 0.15) is 4.90 Å². The zero-order chi connectivity index (χ0) is 12.5. The Labute approximate surface area is 122 Å². The lowest BCUT2D eigenvalue weighted by Gasteiger charge is -2.30. The highest BCUT2D eigenvalue weighted by Gasteiger charge is 2.28. The molecule has 0 radical (unpaired) electrons. The maximum absolute atomic E-state index is 12.3. The molecule has 18 heavy (non-hydrogen) atoms. The van der Waals surface area contributed by atoms with Crippen LogP contribution in [0.4, 0.5) is 0 Å². The zero-order valence-corrected chi connectivity index (χ0v) is 13.1. The first kappa shape index (κ1) is 15.8. The number of pyridine rings is 1. The van der Waals surface area contributed by atoms with Crippen LogP contribution in [-0.4, -0.2) is 43.4 Å². The monoisotopic (exact) mass is 355 g/mol. The SMILES string of the molecule is C[C@H]1CN(S(=O)(=O)c2cncc(Br)c2)CCN1.Cl. The van der Waals surface area contributed by atoms with Gasteiger partial charge in [-0.1, -0.05) is 0 Å². The van der Waals surface area contributed by atoms with Crippen molar-refractivity contribution in [2.24, 2.45) is 0 Å². The van der Waals surface area contributed by atoms with E-state index in [2.05, 4.69) is 26.2 Å². The van der Waals surface area contributed by atoms with Crippen LogP contribution < -0.4 is 5.32 Å². The van der Waals surface area contributed by atoms with Crippen molar-refractivity contribution in [2.75, 3.05) is 19.6 Å². The molecule has 1 atom stereocenters. The summed E-state index contributed by atoms with van der Waals surface area (Å²) in [6.45, 7) is 3.65. The van der Waals surface area contributed by atoms with Crippen LogP contribution in [0.25, 0.3) is 0 Å². The van der Waals surface area contributed by atoms with E-state index in [1.54, 1.807) is 12.3 Å². The third kappa shape index (κ3) is 3.42. The minimum atomic E-state index is -3.42. The molecule has 0 spiro atoms. The van der Waals surface area contributed by atoms with E-state index in [9.17, 15) is 8.42 Å². The van der Waals surface area contributed by atoms with Crippen molar-refractivity contribution >= 4 is 38.4 Å². The Morgan fingerprint density at radius 2 is 2.22 bits per heavy atom. The standard InChI is InChI=1S/C10H14BrN3O2S.ClH/c1-8-7-14(3-2-13-8)17(15,16)10-4-9(11)5-12-6-10;/h4-6,8,13H,2-3,7H2,1H3;1H/t8-;/m0./s1. The number of piperazine rings is 1. The van der Waals surface area contributed by atoms with Crippen LogP contribution in [0.2, 0.25) is 0 Å².